The third-order valence-corrected chi connectivity index (χ3v) is 8.82. The maximum atomic E-state index is 5.26. The normalized spacial score (nSPS) is 17.4. The molecule has 0 spiro atoms. The van der Waals surface area contributed by atoms with Gasteiger partial charge in [0.15, 0.2) is 0 Å². The first-order chi connectivity index (χ1) is 24.8. The molecule has 4 aromatic carbocycles. The number of fused-ring (bicyclic) bond motifs is 4. The molecule has 236 valence electrons. The standard InChI is InChI=1S/C44H30N6/c1-5-13-29(14-6-1)41-33-21-25-37(47-33)43(45-31-17-9-3-10-18-31)39-27-23-35(49-39)42(30-15-7-2-8-16-30)36-24-28-40(50-36)44(38-26-22-34(41)48-38)46-32-19-11-4-12-20-32/h1-28,45-46H. The number of hydrogen-bond donors (Lipinski definition) is 2. The van der Waals surface area contributed by atoms with Crippen LogP contribution in [0.1, 0.15) is 11.1 Å². The summed E-state index contributed by atoms with van der Waals surface area (Å²) >= 11 is 0. The van der Waals surface area contributed by atoms with E-state index in [2.05, 4.69) is 83.5 Å². The van der Waals surface area contributed by atoms with Gasteiger partial charge >= 0.3 is 0 Å². The van der Waals surface area contributed by atoms with Crippen molar-refractivity contribution in [3.05, 3.63) is 215 Å². The van der Waals surface area contributed by atoms with Crippen molar-refractivity contribution in [2.45, 2.75) is 0 Å². The number of aliphatic imine (C=N–C) groups is 4. The summed E-state index contributed by atoms with van der Waals surface area (Å²) in [5.74, 6) is 0. The fourth-order valence-corrected chi connectivity index (χ4v) is 6.48. The van der Waals surface area contributed by atoms with Crippen molar-refractivity contribution >= 4 is 45.4 Å². The molecule has 5 aliphatic rings. The van der Waals surface area contributed by atoms with Crippen molar-refractivity contribution in [1.29, 1.82) is 0 Å². The van der Waals surface area contributed by atoms with Crippen LogP contribution >= 0.6 is 0 Å². The highest BCUT2D eigenvalue weighted by Gasteiger charge is 2.26. The third-order valence-electron chi connectivity index (χ3n) is 8.82. The van der Waals surface area contributed by atoms with Gasteiger partial charge in [0.25, 0.3) is 0 Å². The van der Waals surface area contributed by atoms with Gasteiger partial charge in [0.05, 0.1) is 57.0 Å². The lowest BCUT2D eigenvalue weighted by molar-refractivity contribution is 1.33. The van der Waals surface area contributed by atoms with Gasteiger partial charge in [-0.05, 0) is 84.0 Å². The molecule has 2 N–H and O–H groups in total. The first kappa shape index (κ1) is 29.2. The van der Waals surface area contributed by atoms with Gasteiger partial charge in [0.2, 0.25) is 0 Å². The van der Waals surface area contributed by atoms with Crippen LogP contribution in [0.2, 0.25) is 0 Å². The largest absolute Gasteiger partial charge is 0.352 e. The van der Waals surface area contributed by atoms with E-state index in [1.807, 2.05) is 97.1 Å². The Balaban J connectivity index is 1.32. The van der Waals surface area contributed by atoms with E-state index in [-0.39, 0.29) is 0 Å². The lowest BCUT2D eigenvalue weighted by Crippen LogP contribution is -2.11. The molecule has 5 heterocycles. The molecule has 0 atom stereocenters. The summed E-state index contributed by atoms with van der Waals surface area (Å²) < 4.78 is 0. The van der Waals surface area contributed by atoms with Gasteiger partial charge < -0.3 is 10.6 Å². The van der Waals surface area contributed by atoms with Crippen LogP contribution in [0.4, 0.5) is 11.4 Å². The van der Waals surface area contributed by atoms with Gasteiger partial charge in [-0.1, -0.05) is 97.1 Å². The van der Waals surface area contributed by atoms with Crippen LogP contribution in [0.3, 0.4) is 0 Å². The Morgan fingerprint density at radius 1 is 0.300 bits per heavy atom. The summed E-state index contributed by atoms with van der Waals surface area (Å²) in [6.45, 7) is 0. The van der Waals surface area contributed by atoms with Crippen LogP contribution in [-0.4, -0.2) is 22.8 Å². The third kappa shape index (κ3) is 5.55. The van der Waals surface area contributed by atoms with Gasteiger partial charge in [-0.2, -0.15) is 0 Å². The summed E-state index contributed by atoms with van der Waals surface area (Å²) in [6, 6.07) is 40.9. The second kappa shape index (κ2) is 12.6. The van der Waals surface area contributed by atoms with Crippen molar-refractivity contribution in [2.24, 2.45) is 20.0 Å². The van der Waals surface area contributed by atoms with E-state index >= 15 is 0 Å². The minimum absolute atomic E-state index is 0.786. The Hall–Kier alpha value is -6.92. The van der Waals surface area contributed by atoms with E-state index in [0.717, 1.165) is 90.7 Å². The Morgan fingerprint density at radius 3 is 1.02 bits per heavy atom. The van der Waals surface area contributed by atoms with Crippen molar-refractivity contribution in [2.75, 3.05) is 10.6 Å². The summed E-state index contributed by atoms with van der Waals surface area (Å²) in [5.41, 5.74) is 13.9. The second-order valence-electron chi connectivity index (χ2n) is 12.1. The molecule has 4 aromatic rings. The van der Waals surface area contributed by atoms with E-state index in [0.29, 0.717) is 0 Å². The maximum Gasteiger partial charge on any atom is 0.0906 e. The first-order valence-corrected chi connectivity index (χ1v) is 16.6. The van der Waals surface area contributed by atoms with Crippen LogP contribution in [-0.2, 0) is 0 Å². The molecule has 0 amide bonds. The van der Waals surface area contributed by atoms with E-state index < -0.39 is 0 Å². The van der Waals surface area contributed by atoms with E-state index in [1.165, 1.54) is 0 Å². The highest BCUT2D eigenvalue weighted by Crippen LogP contribution is 2.35. The molecule has 0 fully saturated rings. The molecule has 0 radical (unpaired) electrons. The number of para-hydroxylation sites is 2. The number of nitrogens with zero attached hydrogens (tertiary/aromatic N) is 4. The van der Waals surface area contributed by atoms with Crippen LogP contribution in [0.5, 0.6) is 0 Å². The van der Waals surface area contributed by atoms with Crippen LogP contribution in [0.25, 0.3) is 11.1 Å². The second-order valence-corrected chi connectivity index (χ2v) is 12.1. The minimum Gasteiger partial charge on any atom is -0.352 e. The van der Waals surface area contributed by atoms with Crippen molar-refractivity contribution in [1.82, 2.24) is 0 Å². The number of benzene rings is 4. The van der Waals surface area contributed by atoms with Crippen molar-refractivity contribution in [3.8, 4) is 0 Å². The number of rotatable bonds is 6. The smallest absolute Gasteiger partial charge is 0.0906 e. The predicted molar refractivity (Wildman–Crippen MR) is 207 cm³/mol. The maximum absolute atomic E-state index is 5.26. The number of allylic oxidation sites excluding steroid dienone is 10. The molecule has 8 bridgehead atoms. The fraction of sp³-hybridized carbons (Fsp3) is 0. The monoisotopic (exact) mass is 642 g/mol. The van der Waals surface area contributed by atoms with Gasteiger partial charge in [-0.25, -0.2) is 20.0 Å². The zero-order chi connectivity index (χ0) is 33.3. The van der Waals surface area contributed by atoms with Gasteiger partial charge in [0.1, 0.15) is 0 Å². The zero-order valence-electron chi connectivity index (χ0n) is 27.0. The van der Waals surface area contributed by atoms with Gasteiger partial charge in [-0.15, -0.1) is 0 Å². The molecule has 0 saturated heterocycles. The Labute approximate surface area is 290 Å². The molecule has 0 saturated carbocycles. The topological polar surface area (TPSA) is 73.5 Å². The molecular formula is C44H30N6. The zero-order valence-corrected chi connectivity index (χ0v) is 27.0. The lowest BCUT2D eigenvalue weighted by Gasteiger charge is -2.14. The predicted octanol–water partition coefficient (Wildman–Crippen LogP) is 9.51. The van der Waals surface area contributed by atoms with Crippen LogP contribution in [0, 0.1) is 0 Å². The summed E-state index contributed by atoms with van der Waals surface area (Å²) in [6.07, 6.45) is 16.5. The molecule has 6 heteroatoms. The molecule has 6 nitrogen and oxygen atoms in total. The quantitative estimate of drug-likeness (QED) is 0.220. The van der Waals surface area contributed by atoms with Gasteiger partial charge in [-0.3, -0.25) is 0 Å². The molecule has 50 heavy (non-hydrogen) atoms. The first-order valence-electron chi connectivity index (χ1n) is 16.6. The van der Waals surface area contributed by atoms with Crippen LogP contribution in [0.15, 0.2) is 224 Å². The minimum atomic E-state index is 0.786. The number of nitrogens with one attached hydrogen (secondary N) is 2. The Bertz CT molecular complexity index is 2240. The van der Waals surface area contributed by atoms with E-state index in [1.54, 1.807) is 0 Å². The summed E-state index contributed by atoms with van der Waals surface area (Å²) in [7, 11) is 0. The fourth-order valence-electron chi connectivity index (χ4n) is 6.48. The number of hydrogen-bond acceptors (Lipinski definition) is 6. The van der Waals surface area contributed by atoms with E-state index in [9.17, 15) is 0 Å². The average Bonchev–Trinajstić information content (AvgIpc) is 4.01. The average molecular weight is 643 g/mol. The molecule has 5 aliphatic heterocycles. The van der Waals surface area contributed by atoms with Crippen molar-refractivity contribution < 1.29 is 0 Å². The molecule has 0 aliphatic carbocycles. The number of anilines is 2. The molecular weight excluding hydrogens is 613 g/mol. The van der Waals surface area contributed by atoms with Crippen LogP contribution < -0.4 is 10.6 Å². The summed E-state index contributed by atoms with van der Waals surface area (Å²) in [4.78, 5) is 21.0. The lowest BCUT2D eigenvalue weighted by atomic mass is 9.99. The van der Waals surface area contributed by atoms with Crippen molar-refractivity contribution in [3.63, 3.8) is 0 Å². The van der Waals surface area contributed by atoms with E-state index in [4.69, 9.17) is 20.0 Å². The SMILES string of the molecule is C1=CC2=C(c3ccccc3)C3=NC(=C(Nc4ccccc4)C4=NC(=C(c5ccccc5)C5=NC(=C(Nc6ccccc6)C1=N2)C=C5)C=C4)C=C3. The Morgan fingerprint density at radius 2 is 0.620 bits per heavy atom. The molecule has 9 rings (SSSR count). The van der Waals surface area contributed by atoms with Gasteiger partial charge in [0, 0.05) is 22.5 Å². The molecule has 0 unspecified atom stereocenters. The highest BCUT2D eigenvalue weighted by molar-refractivity contribution is 6.34. The Kier molecular flexibility index (Phi) is 7.37. The summed E-state index contributed by atoms with van der Waals surface area (Å²) in [5, 5.41) is 7.29. The molecule has 0 aromatic heterocycles. The highest BCUT2D eigenvalue weighted by atomic mass is 15.0.